The minimum Gasteiger partial charge on any atom is -0.497 e. The zero-order valence-corrected chi connectivity index (χ0v) is 19.3. The molecular weight excluding hydrogens is 475 g/mol. The highest BCUT2D eigenvalue weighted by Crippen LogP contribution is 2.25. The fraction of sp³-hybridized carbons (Fsp3) is 0.136. The van der Waals surface area contributed by atoms with E-state index in [1.54, 1.807) is 7.11 Å². The van der Waals surface area contributed by atoms with Crippen LogP contribution in [0.2, 0.25) is 10.0 Å². The summed E-state index contributed by atoms with van der Waals surface area (Å²) in [7, 11) is -2.27. The van der Waals surface area contributed by atoms with Crippen molar-refractivity contribution in [2.75, 3.05) is 18.4 Å². The van der Waals surface area contributed by atoms with Crippen molar-refractivity contribution in [3.05, 3.63) is 82.3 Å². The predicted octanol–water partition coefficient (Wildman–Crippen LogP) is 4.50. The molecule has 10 heteroatoms. The van der Waals surface area contributed by atoms with Crippen molar-refractivity contribution in [3.8, 4) is 11.5 Å². The molecule has 0 unspecified atom stereocenters. The van der Waals surface area contributed by atoms with Gasteiger partial charge in [-0.3, -0.25) is 9.52 Å². The molecule has 0 aromatic heterocycles. The average molecular weight is 495 g/mol. The molecule has 0 atom stereocenters. The number of amides is 1. The van der Waals surface area contributed by atoms with Crippen molar-refractivity contribution in [2.24, 2.45) is 0 Å². The topological polar surface area (TPSA) is 93.7 Å². The number of carbonyl (C=O) groups is 1. The minimum absolute atomic E-state index is 0.0184. The van der Waals surface area contributed by atoms with Crippen LogP contribution < -0.4 is 19.5 Å². The van der Waals surface area contributed by atoms with E-state index in [4.69, 9.17) is 32.7 Å². The van der Waals surface area contributed by atoms with Crippen LogP contribution in [0.25, 0.3) is 0 Å². The number of benzene rings is 3. The van der Waals surface area contributed by atoms with Crippen LogP contribution in [0.1, 0.15) is 5.56 Å². The van der Waals surface area contributed by atoms with Crippen LogP contribution in [0, 0.1) is 0 Å². The highest BCUT2D eigenvalue weighted by Gasteiger charge is 2.15. The number of halogens is 2. The molecule has 0 saturated heterocycles. The fourth-order valence-corrected chi connectivity index (χ4v) is 4.25. The first-order chi connectivity index (χ1) is 15.2. The van der Waals surface area contributed by atoms with E-state index < -0.39 is 10.0 Å². The molecule has 32 heavy (non-hydrogen) atoms. The smallest absolute Gasteiger partial charge is 0.261 e. The summed E-state index contributed by atoms with van der Waals surface area (Å²) >= 11 is 11.8. The summed E-state index contributed by atoms with van der Waals surface area (Å²) in [5.74, 6) is 0.784. The van der Waals surface area contributed by atoms with Gasteiger partial charge in [0.2, 0.25) is 0 Å². The second-order valence-corrected chi connectivity index (χ2v) is 9.20. The van der Waals surface area contributed by atoms with Crippen molar-refractivity contribution in [1.82, 2.24) is 5.32 Å². The van der Waals surface area contributed by atoms with Crippen LogP contribution in [0.15, 0.2) is 71.6 Å². The van der Waals surface area contributed by atoms with Gasteiger partial charge in [-0.25, -0.2) is 8.42 Å². The quantitative estimate of drug-likeness (QED) is 0.456. The average Bonchev–Trinajstić information content (AvgIpc) is 2.76. The molecule has 2 N–H and O–H groups in total. The summed E-state index contributed by atoms with van der Waals surface area (Å²) in [6, 6.07) is 17.4. The monoisotopic (exact) mass is 494 g/mol. The molecule has 0 spiro atoms. The molecular formula is C22H20Cl2N2O5S. The van der Waals surface area contributed by atoms with E-state index in [2.05, 4.69) is 10.0 Å². The van der Waals surface area contributed by atoms with E-state index in [-0.39, 0.29) is 23.1 Å². The number of anilines is 1. The van der Waals surface area contributed by atoms with Crippen molar-refractivity contribution in [1.29, 1.82) is 0 Å². The maximum absolute atomic E-state index is 12.6. The Morgan fingerprint density at radius 2 is 1.50 bits per heavy atom. The number of sulfonamides is 1. The lowest BCUT2D eigenvalue weighted by Gasteiger charge is -2.11. The molecule has 3 aromatic rings. The first-order valence-corrected chi connectivity index (χ1v) is 11.6. The predicted molar refractivity (Wildman–Crippen MR) is 124 cm³/mol. The summed E-state index contributed by atoms with van der Waals surface area (Å²) in [5.41, 5.74) is 1.17. The Morgan fingerprint density at radius 1 is 0.906 bits per heavy atom. The third-order valence-corrected chi connectivity index (χ3v) is 6.10. The fourth-order valence-electron chi connectivity index (χ4n) is 2.69. The van der Waals surface area contributed by atoms with E-state index in [1.165, 1.54) is 42.5 Å². The first-order valence-electron chi connectivity index (χ1n) is 9.36. The lowest BCUT2D eigenvalue weighted by Crippen LogP contribution is -2.28. The van der Waals surface area contributed by atoms with Crippen molar-refractivity contribution in [2.45, 2.75) is 11.4 Å². The van der Waals surface area contributed by atoms with Crippen LogP contribution in [0.5, 0.6) is 11.5 Å². The molecule has 3 aromatic carbocycles. The van der Waals surface area contributed by atoms with E-state index in [0.717, 1.165) is 11.3 Å². The Morgan fingerprint density at radius 3 is 2.09 bits per heavy atom. The minimum atomic E-state index is -3.85. The molecule has 1 amide bonds. The van der Waals surface area contributed by atoms with Gasteiger partial charge in [0.15, 0.2) is 6.61 Å². The molecule has 0 saturated carbocycles. The lowest BCUT2D eigenvalue weighted by atomic mass is 10.2. The third kappa shape index (κ3) is 6.78. The first kappa shape index (κ1) is 23.7. The number of carbonyl (C=O) groups excluding carboxylic acids is 1. The lowest BCUT2D eigenvalue weighted by molar-refractivity contribution is -0.123. The summed E-state index contributed by atoms with van der Waals surface area (Å²) in [6.45, 7) is 0.143. The largest absolute Gasteiger partial charge is 0.497 e. The Balaban J connectivity index is 1.52. The van der Waals surface area contributed by atoms with Gasteiger partial charge in [-0.1, -0.05) is 35.3 Å². The normalized spacial score (nSPS) is 11.0. The summed E-state index contributed by atoms with van der Waals surface area (Å²) in [4.78, 5) is 12.0. The van der Waals surface area contributed by atoms with Gasteiger partial charge >= 0.3 is 0 Å². The maximum atomic E-state index is 12.6. The zero-order chi connectivity index (χ0) is 23.1. The molecule has 0 bridgehead atoms. The summed E-state index contributed by atoms with van der Waals surface area (Å²) in [5, 5.41) is 3.37. The highest BCUT2D eigenvalue weighted by molar-refractivity contribution is 7.92. The standard InChI is InChI=1S/C22H20Cl2N2O5S/c1-30-19-4-2-15(3-5-19)13-25-22(27)14-31-20-6-8-21(9-7-20)32(28,29)26-18-11-16(23)10-17(24)12-18/h2-12,26H,13-14H2,1H3,(H,25,27). The van der Waals surface area contributed by atoms with E-state index >= 15 is 0 Å². The molecule has 0 fully saturated rings. The molecule has 0 aliphatic rings. The third-order valence-electron chi connectivity index (χ3n) is 4.27. The second kappa shape index (κ2) is 10.6. The maximum Gasteiger partial charge on any atom is 0.261 e. The number of nitrogens with one attached hydrogen (secondary N) is 2. The highest BCUT2D eigenvalue weighted by atomic mass is 35.5. The van der Waals surface area contributed by atoms with Gasteiger partial charge in [-0.2, -0.15) is 0 Å². The molecule has 7 nitrogen and oxygen atoms in total. The van der Waals surface area contributed by atoms with E-state index in [9.17, 15) is 13.2 Å². The Hall–Kier alpha value is -2.94. The van der Waals surface area contributed by atoms with Crippen molar-refractivity contribution in [3.63, 3.8) is 0 Å². The number of rotatable bonds is 9. The van der Waals surface area contributed by atoms with Crippen molar-refractivity contribution >= 4 is 44.8 Å². The molecule has 0 heterocycles. The van der Waals surface area contributed by atoms with Crippen LogP contribution in [-0.2, 0) is 21.4 Å². The SMILES string of the molecule is COc1ccc(CNC(=O)COc2ccc(S(=O)(=O)Nc3cc(Cl)cc(Cl)c3)cc2)cc1. The Bertz CT molecular complexity index is 1160. The van der Waals surface area contributed by atoms with Gasteiger partial charge in [0.25, 0.3) is 15.9 Å². The van der Waals surface area contributed by atoms with Crippen LogP contribution in [-0.4, -0.2) is 28.0 Å². The molecule has 0 radical (unpaired) electrons. The molecule has 168 valence electrons. The number of hydrogen-bond acceptors (Lipinski definition) is 5. The number of ether oxygens (including phenoxy) is 2. The van der Waals surface area contributed by atoms with Gasteiger partial charge in [0.05, 0.1) is 17.7 Å². The summed E-state index contributed by atoms with van der Waals surface area (Å²) < 4.78 is 38.0. The number of hydrogen-bond donors (Lipinski definition) is 2. The Kier molecular flexibility index (Phi) is 7.84. The van der Waals surface area contributed by atoms with Crippen LogP contribution in [0.3, 0.4) is 0 Å². The molecule has 0 aliphatic carbocycles. The second-order valence-electron chi connectivity index (χ2n) is 6.65. The summed E-state index contributed by atoms with van der Waals surface area (Å²) in [6.07, 6.45) is 0. The van der Waals surface area contributed by atoms with Gasteiger partial charge < -0.3 is 14.8 Å². The van der Waals surface area contributed by atoms with Gasteiger partial charge in [0, 0.05) is 16.6 Å². The number of methoxy groups -OCH3 is 1. The van der Waals surface area contributed by atoms with Gasteiger partial charge in [-0.05, 0) is 60.2 Å². The zero-order valence-electron chi connectivity index (χ0n) is 17.0. The Labute approximate surface area is 196 Å². The van der Waals surface area contributed by atoms with E-state index in [1.807, 2.05) is 24.3 Å². The molecule has 0 aliphatic heterocycles. The molecule has 3 rings (SSSR count). The van der Waals surface area contributed by atoms with Crippen molar-refractivity contribution < 1.29 is 22.7 Å². The van der Waals surface area contributed by atoms with E-state index in [0.29, 0.717) is 22.3 Å². The van der Waals surface area contributed by atoms with Gasteiger partial charge in [-0.15, -0.1) is 0 Å². The van der Waals surface area contributed by atoms with Crippen LogP contribution >= 0.6 is 23.2 Å². The van der Waals surface area contributed by atoms with Crippen LogP contribution in [0.4, 0.5) is 5.69 Å². The van der Waals surface area contributed by atoms with Gasteiger partial charge in [0.1, 0.15) is 11.5 Å².